The maximum Gasteiger partial charge on any atom is 0.249 e. The number of halogens is 3. The molecule has 0 bridgehead atoms. The molecule has 0 saturated heterocycles. The van der Waals surface area contributed by atoms with Gasteiger partial charge in [-0.2, -0.15) is 0 Å². The van der Waals surface area contributed by atoms with E-state index in [2.05, 4.69) is 20.9 Å². The molecule has 0 saturated carbocycles. The van der Waals surface area contributed by atoms with Crippen LogP contribution in [0.3, 0.4) is 0 Å². The fourth-order valence-corrected chi connectivity index (χ4v) is 2.57. The van der Waals surface area contributed by atoms with Crippen LogP contribution >= 0.6 is 15.9 Å². The van der Waals surface area contributed by atoms with E-state index < -0.39 is 23.6 Å². The smallest absolute Gasteiger partial charge is 0.249 e. The predicted octanol–water partition coefficient (Wildman–Crippen LogP) is 2.67. The third-order valence-corrected chi connectivity index (χ3v) is 3.78. The van der Waals surface area contributed by atoms with Crippen LogP contribution in [0.5, 0.6) is 0 Å². The molecule has 3 rings (SSSR count). The van der Waals surface area contributed by atoms with E-state index in [0.717, 1.165) is 16.6 Å². The van der Waals surface area contributed by atoms with Gasteiger partial charge in [0.25, 0.3) is 0 Å². The Labute approximate surface area is 127 Å². The molecule has 0 spiro atoms. The van der Waals surface area contributed by atoms with Crippen molar-refractivity contribution >= 4 is 27.5 Å². The molecule has 7 heteroatoms. The monoisotopic (exact) mass is 353 g/mol. The summed E-state index contributed by atoms with van der Waals surface area (Å²) in [6.07, 6.45) is 1.59. The van der Waals surface area contributed by atoms with Gasteiger partial charge in [-0.1, -0.05) is 0 Å². The molecule has 1 aliphatic heterocycles. The number of hydrogen-bond acceptors (Lipinski definition) is 3. The number of rotatable bonds is 2. The summed E-state index contributed by atoms with van der Waals surface area (Å²) in [7, 11) is 0. The Kier molecular flexibility index (Phi) is 3.46. The van der Waals surface area contributed by atoms with Crippen molar-refractivity contribution in [3.05, 3.63) is 57.8 Å². The number of anilines is 1. The molecule has 1 aromatic heterocycles. The van der Waals surface area contributed by atoms with E-state index in [0.29, 0.717) is 5.69 Å². The van der Waals surface area contributed by atoms with Crippen LogP contribution in [-0.2, 0) is 11.3 Å². The van der Waals surface area contributed by atoms with Crippen molar-refractivity contribution in [2.24, 2.45) is 5.73 Å². The van der Waals surface area contributed by atoms with Crippen molar-refractivity contribution in [2.75, 3.05) is 4.90 Å². The molecule has 1 unspecified atom stereocenters. The quantitative estimate of drug-likeness (QED) is 0.902. The molecule has 2 heterocycles. The number of pyridine rings is 1. The number of carbonyl (C=O) groups excluding carboxylic acids is 1. The molecular formula is C14H10BrF2N3O. The lowest BCUT2D eigenvalue weighted by atomic mass is 10.1. The highest BCUT2D eigenvalue weighted by molar-refractivity contribution is 9.10. The summed E-state index contributed by atoms with van der Waals surface area (Å²) in [4.78, 5) is 17.6. The molecule has 2 N–H and O–H groups in total. The summed E-state index contributed by atoms with van der Waals surface area (Å²) < 4.78 is 28.0. The van der Waals surface area contributed by atoms with E-state index in [4.69, 9.17) is 5.73 Å². The van der Waals surface area contributed by atoms with Gasteiger partial charge in [0.05, 0.1) is 17.9 Å². The van der Waals surface area contributed by atoms with E-state index in [9.17, 15) is 13.6 Å². The molecule has 0 aliphatic carbocycles. The number of nitrogens with two attached hydrogens (primary N) is 1. The number of fused-ring (bicyclic) bond motifs is 1. The zero-order valence-electron chi connectivity index (χ0n) is 10.7. The van der Waals surface area contributed by atoms with E-state index in [-0.39, 0.29) is 17.8 Å². The van der Waals surface area contributed by atoms with Gasteiger partial charge in [-0.3, -0.25) is 9.78 Å². The van der Waals surface area contributed by atoms with Gasteiger partial charge in [-0.05, 0) is 34.1 Å². The van der Waals surface area contributed by atoms with Gasteiger partial charge >= 0.3 is 0 Å². The molecule has 1 atom stereocenters. The van der Waals surface area contributed by atoms with Crippen LogP contribution in [0.2, 0.25) is 0 Å². The second-order valence-corrected chi connectivity index (χ2v) is 5.61. The highest BCUT2D eigenvalue weighted by Crippen LogP contribution is 2.37. The largest absolute Gasteiger partial charge is 0.316 e. The zero-order chi connectivity index (χ0) is 15.1. The molecular weight excluding hydrogens is 344 g/mol. The number of benzene rings is 1. The minimum atomic E-state index is -1.11. The summed E-state index contributed by atoms with van der Waals surface area (Å²) in [5, 5.41) is 0. The molecule has 21 heavy (non-hydrogen) atoms. The van der Waals surface area contributed by atoms with Crippen LogP contribution in [0, 0.1) is 11.6 Å². The molecule has 1 aliphatic rings. The van der Waals surface area contributed by atoms with Crippen molar-refractivity contribution < 1.29 is 13.6 Å². The average Bonchev–Trinajstić information content (AvgIpc) is 2.66. The Hall–Kier alpha value is -1.86. The van der Waals surface area contributed by atoms with Gasteiger partial charge in [-0.15, -0.1) is 0 Å². The lowest BCUT2D eigenvalue weighted by molar-refractivity contribution is -0.119. The second-order valence-electron chi connectivity index (χ2n) is 4.69. The molecule has 0 fully saturated rings. The minimum absolute atomic E-state index is 0.0264. The Morgan fingerprint density at radius 3 is 2.76 bits per heavy atom. The summed E-state index contributed by atoms with van der Waals surface area (Å²) in [6.45, 7) is 0.107. The van der Waals surface area contributed by atoms with Gasteiger partial charge in [0, 0.05) is 22.3 Å². The topological polar surface area (TPSA) is 59.2 Å². The predicted molar refractivity (Wildman–Crippen MR) is 76.4 cm³/mol. The third-order valence-electron chi connectivity index (χ3n) is 3.32. The molecule has 1 aromatic carbocycles. The Balaban J connectivity index is 2.01. The molecule has 108 valence electrons. The minimum Gasteiger partial charge on any atom is -0.316 e. The average molecular weight is 354 g/mol. The van der Waals surface area contributed by atoms with Crippen molar-refractivity contribution in [1.82, 2.24) is 4.98 Å². The molecule has 2 aromatic rings. The van der Waals surface area contributed by atoms with Crippen LogP contribution in [0.15, 0.2) is 34.9 Å². The number of amides is 1. The maximum absolute atomic E-state index is 13.8. The highest BCUT2D eigenvalue weighted by atomic mass is 79.9. The van der Waals surface area contributed by atoms with E-state index in [1.807, 2.05) is 0 Å². The normalized spacial score (nSPS) is 17.2. The zero-order valence-corrected chi connectivity index (χ0v) is 12.3. The van der Waals surface area contributed by atoms with Crippen molar-refractivity contribution in [3.8, 4) is 0 Å². The fraction of sp³-hybridized carbons (Fsp3) is 0.143. The standard InChI is InChI=1S/C14H10BrF2N3O/c15-7-1-2-9(19-5-7)6-20-11-4-8(16)3-10(17)12(11)13(18)14(20)21/h1-5,13H,6,18H2. The second kappa shape index (κ2) is 5.16. The maximum atomic E-state index is 13.8. The van der Waals surface area contributed by atoms with Gasteiger partial charge in [0.1, 0.15) is 17.7 Å². The first-order valence-electron chi connectivity index (χ1n) is 6.13. The van der Waals surface area contributed by atoms with Crippen molar-refractivity contribution in [1.29, 1.82) is 0 Å². The fourth-order valence-electron chi connectivity index (χ4n) is 2.34. The first kappa shape index (κ1) is 14.1. The number of aromatic nitrogens is 1. The van der Waals surface area contributed by atoms with Crippen LogP contribution < -0.4 is 10.6 Å². The van der Waals surface area contributed by atoms with E-state index >= 15 is 0 Å². The van der Waals surface area contributed by atoms with Gasteiger partial charge in [0.15, 0.2) is 0 Å². The number of hydrogen-bond donors (Lipinski definition) is 1. The molecule has 0 radical (unpaired) electrons. The van der Waals surface area contributed by atoms with Crippen LogP contribution in [0.1, 0.15) is 17.3 Å². The van der Waals surface area contributed by atoms with Crippen LogP contribution in [0.4, 0.5) is 14.5 Å². The van der Waals surface area contributed by atoms with Crippen LogP contribution in [0.25, 0.3) is 0 Å². The van der Waals surface area contributed by atoms with Gasteiger partial charge in [-0.25, -0.2) is 8.78 Å². The first-order chi connectivity index (χ1) is 9.97. The lowest BCUT2D eigenvalue weighted by Crippen LogP contribution is -2.31. The van der Waals surface area contributed by atoms with Gasteiger partial charge < -0.3 is 10.6 Å². The summed E-state index contributed by atoms with van der Waals surface area (Å²) in [5.74, 6) is -2.03. The lowest BCUT2D eigenvalue weighted by Gasteiger charge is -2.17. The van der Waals surface area contributed by atoms with E-state index in [1.54, 1.807) is 18.3 Å². The first-order valence-corrected chi connectivity index (χ1v) is 6.93. The van der Waals surface area contributed by atoms with E-state index in [1.165, 1.54) is 4.90 Å². The summed E-state index contributed by atoms with van der Waals surface area (Å²) in [5.41, 5.74) is 6.51. The summed E-state index contributed by atoms with van der Waals surface area (Å²) >= 11 is 3.26. The number of nitrogens with zero attached hydrogens (tertiary/aromatic N) is 2. The Morgan fingerprint density at radius 1 is 1.33 bits per heavy atom. The molecule has 1 amide bonds. The third kappa shape index (κ3) is 2.43. The van der Waals surface area contributed by atoms with Crippen LogP contribution in [-0.4, -0.2) is 10.9 Å². The summed E-state index contributed by atoms with van der Waals surface area (Å²) in [6, 6.07) is 4.22. The van der Waals surface area contributed by atoms with Crippen molar-refractivity contribution in [2.45, 2.75) is 12.6 Å². The molecule has 4 nitrogen and oxygen atoms in total. The SMILES string of the molecule is NC1C(=O)N(Cc2ccc(Br)cn2)c2cc(F)cc(F)c21. The van der Waals surface area contributed by atoms with Crippen molar-refractivity contribution in [3.63, 3.8) is 0 Å². The highest BCUT2D eigenvalue weighted by Gasteiger charge is 2.37. The number of carbonyl (C=O) groups is 1. The van der Waals surface area contributed by atoms with Gasteiger partial charge in [0.2, 0.25) is 5.91 Å². The Morgan fingerprint density at radius 2 is 2.10 bits per heavy atom. The Bertz CT molecular complexity index is 721.